The van der Waals surface area contributed by atoms with Gasteiger partial charge in [0.1, 0.15) is 10.6 Å². The van der Waals surface area contributed by atoms with Crippen LogP contribution in [0.5, 0.6) is 0 Å². The third-order valence-corrected chi connectivity index (χ3v) is 6.85. The first-order chi connectivity index (χ1) is 14.3. The highest BCUT2D eigenvalue weighted by Crippen LogP contribution is 2.38. The highest BCUT2D eigenvalue weighted by atomic mass is 32.1. The van der Waals surface area contributed by atoms with Gasteiger partial charge in [-0.2, -0.15) is 0 Å². The number of hydrogen-bond donors (Lipinski definition) is 1. The molecule has 1 amide bonds. The van der Waals surface area contributed by atoms with Gasteiger partial charge < -0.3 is 19.4 Å². The molecule has 1 N–H and O–H groups in total. The van der Waals surface area contributed by atoms with Crippen LogP contribution in [0, 0.1) is 20.8 Å². The largest absolute Gasteiger partial charge is 0.462 e. The number of benzene rings is 1. The third-order valence-electron chi connectivity index (χ3n) is 5.71. The van der Waals surface area contributed by atoms with Crippen LogP contribution < -0.4 is 5.32 Å². The molecule has 0 saturated heterocycles. The van der Waals surface area contributed by atoms with Crippen molar-refractivity contribution >= 4 is 39.2 Å². The van der Waals surface area contributed by atoms with Crippen molar-refractivity contribution in [1.29, 1.82) is 0 Å². The highest BCUT2D eigenvalue weighted by molar-refractivity contribution is 7.17. The quantitative estimate of drug-likeness (QED) is 0.605. The molecule has 0 atom stereocenters. The Balaban J connectivity index is 1.72. The molecule has 158 valence electrons. The summed E-state index contributed by atoms with van der Waals surface area (Å²) >= 11 is 1.44. The molecule has 0 bridgehead atoms. The molecule has 3 aromatic rings. The van der Waals surface area contributed by atoms with Crippen LogP contribution >= 0.6 is 11.3 Å². The molecule has 3 heterocycles. The van der Waals surface area contributed by atoms with Gasteiger partial charge in [-0.25, -0.2) is 4.79 Å². The summed E-state index contributed by atoms with van der Waals surface area (Å²) in [6.07, 6.45) is 0.759. The fraction of sp³-hybridized carbons (Fsp3) is 0.391. The number of amides is 1. The average Bonchev–Trinajstić information content (AvgIpc) is 3.19. The second-order valence-electron chi connectivity index (χ2n) is 7.86. The lowest BCUT2D eigenvalue weighted by atomic mass is 10.0. The minimum atomic E-state index is -0.387. The molecule has 0 saturated carbocycles. The second-order valence-corrected chi connectivity index (χ2v) is 8.96. The van der Waals surface area contributed by atoms with Crippen LogP contribution in [0.25, 0.3) is 11.0 Å². The normalized spacial score (nSPS) is 14.0. The predicted molar refractivity (Wildman–Crippen MR) is 119 cm³/mol. The van der Waals surface area contributed by atoms with E-state index in [1.165, 1.54) is 11.3 Å². The summed E-state index contributed by atoms with van der Waals surface area (Å²) in [5.41, 5.74) is 5.22. The van der Waals surface area contributed by atoms with Crippen LogP contribution in [0.15, 0.2) is 16.5 Å². The van der Waals surface area contributed by atoms with Crippen molar-refractivity contribution in [3.05, 3.63) is 50.6 Å². The maximum Gasteiger partial charge on any atom is 0.341 e. The number of carbonyl (C=O) groups excluding carboxylic acids is 2. The number of carbonyl (C=O) groups is 2. The van der Waals surface area contributed by atoms with Gasteiger partial charge in [-0.05, 0) is 70.0 Å². The maximum absolute atomic E-state index is 13.1. The highest BCUT2D eigenvalue weighted by Gasteiger charge is 2.29. The lowest BCUT2D eigenvalue weighted by Crippen LogP contribution is -2.26. The zero-order chi connectivity index (χ0) is 21.6. The third kappa shape index (κ3) is 3.52. The Kier molecular flexibility index (Phi) is 5.42. The number of thiophene rings is 1. The Morgan fingerprint density at radius 3 is 2.70 bits per heavy atom. The number of esters is 1. The molecule has 0 unspecified atom stereocenters. The first-order valence-corrected chi connectivity index (χ1v) is 10.9. The summed E-state index contributed by atoms with van der Waals surface area (Å²) in [4.78, 5) is 29.1. The smallest absolute Gasteiger partial charge is 0.341 e. The summed E-state index contributed by atoms with van der Waals surface area (Å²) in [6.45, 7) is 9.64. The van der Waals surface area contributed by atoms with Crippen LogP contribution in [-0.4, -0.2) is 37.0 Å². The van der Waals surface area contributed by atoms with E-state index >= 15 is 0 Å². The minimum Gasteiger partial charge on any atom is -0.462 e. The molecule has 1 aromatic carbocycles. The first-order valence-electron chi connectivity index (χ1n) is 10.1. The number of rotatable bonds is 4. The van der Waals surface area contributed by atoms with Gasteiger partial charge in [0.2, 0.25) is 0 Å². The van der Waals surface area contributed by atoms with E-state index in [1.807, 2.05) is 40.0 Å². The standard InChI is InChI=1S/C23H26N2O4S/c1-6-28-23(27)19-15-7-8-25(5)11-18(15)30-22(19)24-21(26)20-14(4)16-9-12(2)13(3)10-17(16)29-20/h9-10H,6-8,11H2,1-5H3,(H,24,26). The Morgan fingerprint density at radius 2 is 1.97 bits per heavy atom. The Bertz CT molecular complexity index is 1160. The van der Waals surface area contributed by atoms with Crippen LogP contribution in [0.3, 0.4) is 0 Å². The lowest BCUT2D eigenvalue weighted by molar-refractivity contribution is 0.0526. The molecule has 2 aromatic heterocycles. The van der Waals surface area contributed by atoms with Gasteiger partial charge in [0, 0.05) is 28.9 Å². The number of aryl methyl sites for hydroxylation is 3. The number of hydrogen-bond acceptors (Lipinski definition) is 6. The van der Waals surface area contributed by atoms with E-state index in [1.54, 1.807) is 6.92 Å². The zero-order valence-corrected chi connectivity index (χ0v) is 18.8. The number of likely N-dealkylation sites (N-methyl/N-ethyl adjacent to an activating group) is 1. The minimum absolute atomic E-state index is 0.272. The molecule has 0 fully saturated rings. The average molecular weight is 427 g/mol. The number of fused-ring (bicyclic) bond motifs is 2. The number of nitrogens with one attached hydrogen (secondary N) is 1. The molecule has 6 nitrogen and oxygen atoms in total. The molecule has 7 heteroatoms. The van der Waals surface area contributed by atoms with Crippen molar-refractivity contribution < 1.29 is 18.7 Å². The van der Waals surface area contributed by atoms with Crippen molar-refractivity contribution in [2.24, 2.45) is 0 Å². The predicted octanol–water partition coefficient (Wildman–Crippen LogP) is 4.84. The van der Waals surface area contributed by atoms with E-state index in [0.29, 0.717) is 16.1 Å². The molecule has 0 radical (unpaired) electrons. The fourth-order valence-electron chi connectivity index (χ4n) is 3.89. The lowest BCUT2D eigenvalue weighted by Gasteiger charge is -2.22. The van der Waals surface area contributed by atoms with E-state index in [2.05, 4.69) is 10.2 Å². The van der Waals surface area contributed by atoms with E-state index in [4.69, 9.17) is 9.15 Å². The summed E-state index contributed by atoms with van der Waals surface area (Å²) < 4.78 is 11.2. The summed E-state index contributed by atoms with van der Waals surface area (Å²) in [5.74, 6) is -0.466. The maximum atomic E-state index is 13.1. The van der Waals surface area contributed by atoms with E-state index < -0.39 is 0 Å². The Morgan fingerprint density at radius 1 is 1.23 bits per heavy atom. The van der Waals surface area contributed by atoms with Gasteiger partial charge in [-0.3, -0.25) is 4.79 Å². The van der Waals surface area contributed by atoms with Crippen LogP contribution in [0.1, 0.15) is 55.0 Å². The van der Waals surface area contributed by atoms with Crippen LogP contribution in [0.4, 0.5) is 5.00 Å². The first kappa shape index (κ1) is 20.6. The molecule has 0 spiro atoms. The van der Waals surface area contributed by atoms with Gasteiger partial charge in [0.15, 0.2) is 5.76 Å². The van der Waals surface area contributed by atoms with Gasteiger partial charge >= 0.3 is 5.97 Å². The molecule has 0 aliphatic carbocycles. The number of ether oxygens (including phenoxy) is 1. The van der Waals surface area contributed by atoms with Gasteiger partial charge in [-0.15, -0.1) is 11.3 Å². The van der Waals surface area contributed by atoms with Crippen molar-refractivity contribution in [2.75, 3.05) is 25.5 Å². The monoisotopic (exact) mass is 426 g/mol. The topological polar surface area (TPSA) is 71.8 Å². The van der Waals surface area contributed by atoms with Crippen molar-refractivity contribution in [1.82, 2.24) is 4.90 Å². The number of furan rings is 1. The Hall–Kier alpha value is -2.64. The fourth-order valence-corrected chi connectivity index (χ4v) is 5.20. The van der Waals surface area contributed by atoms with E-state index in [0.717, 1.165) is 52.0 Å². The zero-order valence-electron chi connectivity index (χ0n) is 18.0. The van der Waals surface area contributed by atoms with Crippen molar-refractivity contribution in [3.8, 4) is 0 Å². The molecule has 30 heavy (non-hydrogen) atoms. The van der Waals surface area contributed by atoms with Crippen LogP contribution in [-0.2, 0) is 17.7 Å². The molecular formula is C23H26N2O4S. The summed E-state index contributed by atoms with van der Waals surface area (Å²) in [7, 11) is 2.05. The van der Waals surface area contributed by atoms with E-state index in [9.17, 15) is 9.59 Å². The van der Waals surface area contributed by atoms with Crippen molar-refractivity contribution in [3.63, 3.8) is 0 Å². The van der Waals surface area contributed by atoms with Gasteiger partial charge in [0.25, 0.3) is 5.91 Å². The molecule has 4 rings (SSSR count). The number of anilines is 1. The SMILES string of the molecule is CCOC(=O)c1c(NC(=O)c2oc3cc(C)c(C)cc3c2C)sc2c1CCN(C)C2. The van der Waals surface area contributed by atoms with Crippen LogP contribution in [0.2, 0.25) is 0 Å². The van der Waals surface area contributed by atoms with Gasteiger partial charge in [-0.1, -0.05) is 0 Å². The number of nitrogens with zero attached hydrogens (tertiary/aromatic N) is 1. The van der Waals surface area contributed by atoms with Crippen molar-refractivity contribution in [2.45, 2.75) is 40.7 Å². The molecular weight excluding hydrogens is 400 g/mol. The summed E-state index contributed by atoms with van der Waals surface area (Å²) in [6, 6.07) is 4.00. The molecule has 1 aliphatic rings. The van der Waals surface area contributed by atoms with Gasteiger partial charge in [0.05, 0.1) is 12.2 Å². The van der Waals surface area contributed by atoms with E-state index in [-0.39, 0.29) is 24.2 Å². The Labute approximate surface area is 179 Å². The summed E-state index contributed by atoms with van der Waals surface area (Å²) in [5, 5.41) is 4.40. The molecule has 1 aliphatic heterocycles. The second kappa shape index (κ2) is 7.89.